The van der Waals surface area contributed by atoms with Gasteiger partial charge < -0.3 is 22.1 Å². The second kappa shape index (κ2) is 4.81. The topological polar surface area (TPSA) is 123 Å². The third-order valence-corrected chi connectivity index (χ3v) is 3.42. The van der Waals surface area contributed by atoms with Crippen molar-refractivity contribution in [2.75, 3.05) is 11.1 Å². The summed E-state index contributed by atoms with van der Waals surface area (Å²) < 4.78 is 3.85. The number of amides is 2. The van der Waals surface area contributed by atoms with E-state index in [-0.39, 0.29) is 17.3 Å². The smallest absolute Gasteiger partial charge is 0.255 e. The second-order valence-electron chi connectivity index (χ2n) is 4.29. The molecular formula is C10H15N5O2S. The Balaban J connectivity index is 2.03. The zero-order chi connectivity index (χ0) is 13.3. The standard InChI is InChI=1S/C10H15N5O2S/c1-4(9(17)14-5-2-3-5)13-10-6(8(12)16)7(11)15-18-10/h4-5,13H,2-3H2,1H3,(H2,11,15)(H2,12,16)(H,14,17). The fourth-order valence-corrected chi connectivity index (χ4v) is 2.26. The first-order valence-electron chi connectivity index (χ1n) is 5.61. The van der Waals surface area contributed by atoms with E-state index in [1.807, 2.05) is 0 Å². The van der Waals surface area contributed by atoms with Crippen molar-refractivity contribution in [3.05, 3.63) is 5.56 Å². The molecule has 7 nitrogen and oxygen atoms in total. The summed E-state index contributed by atoms with van der Waals surface area (Å²) in [6.07, 6.45) is 2.05. The molecule has 0 aromatic carbocycles. The summed E-state index contributed by atoms with van der Waals surface area (Å²) in [7, 11) is 0. The van der Waals surface area contributed by atoms with Crippen molar-refractivity contribution < 1.29 is 9.59 Å². The molecule has 18 heavy (non-hydrogen) atoms. The molecular weight excluding hydrogens is 254 g/mol. The van der Waals surface area contributed by atoms with E-state index in [1.54, 1.807) is 6.92 Å². The van der Waals surface area contributed by atoms with E-state index < -0.39 is 11.9 Å². The van der Waals surface area contributed by atoms with E-state index >= 15 is 0 Å². The molecule has 1 aliphatic rings. The van der Waals surface area contributed by atoms with E-state index in [0.29, 0.717) is 11.0 Å². The highest BCUT2D eigenvalue weighted by Gasteiger charge is 2.26. The number of hydrogen-bond donors (Lipinski definition) is 4. The molecule has 1 heterocycles. The maximum atomic E-state index is 11.7. The van der Waals surface area contributed by atoms with Gasteiger partial charge in [0.25, 0.3) is 5.91 Å². The van der Waals surface area contributed by atoms with Crippen LogP contribution in [0.5, 0.6) is 0 Å². The third-order valence-electron chi connectivity index (χ3n) is 2.63. The molecule has 1 unspecified atom stereocenters. The van der Waals surface area contributed by atoms with Gasteiger partial charge in [0.1, 0.15) is 16.6 Å². The van der Waals surface area contributed by atoms with Gasteiger partial charge in [-0.2, -0.15) is 4.37 Å². The molecule has 6 N–H and O–H groups in total. The predicted molar refractivity (Wildman–Crippen MR) is 69.3 cm³/mol. The molecule has 1 fully saturated rings. The van der Waals surface area contributed by atoms with Crippen LogP contribution in [-0.2, 0) is 4.79 Å². The molecule has 2 rings (SSSR count). The van der Waals surface area contributed by atoms with Gasteiger partial charge >= 0.3 is 0 Å². The van der Waals surface area contributed by atoms with Crippen LogP contribution in [0, 0.1) is 0 Å². The lowest BCUT2D eigenvalue weighted by atomic mass is 10.2. The van der Waals surface area contributed by atoms with Crippen LogP contribution in [0.25, 0.3) is 0 Å². The fourth-order valence-electron chi connectivity index (χ4n) is 1.46. The number of nitrogens with zero attached hydrogens (tertiary/aromatic N) is 1. The fraction of sp³-hybridized carbons (Fsp3) is 0.500. The van der Waals surface area contributed by atoms with Crippen molar-refractivity contribution in [2.45, 2.75) is 31.8 Å². The molecule has 0 radical (unpaired) electrons. The summed E-state index contributed by atoms with van der Waals surface area (Å²) in [6, 6.07) is -0.174. The Bertz CT molecular complexity index is 483. The van der Waals surface area contributed by atoms with Crippen LogP contribution < -0.4 is 22.1 Å². The number of nitrogens with one attached hydrogen (secondary N) is 2. The van der Waals surface area contributed by atoms with Crippen molar-refractivity contribution in [1.29, 1.82) is 0 Å². The van der Waals surface area contributed by atoms with Crippen molar-refractivity contribution in [2.24, 2.45) is 5.73 Å². The van der Waals surface area contributed by atoms with Crippen molar-refractivity contribution >= 4 is 34.2 Å². The summed E-state index contributed by atoms with van der Waals surface area (Å²) in [6.45, 7) is 1.71. The van der Waals surface area contributed by atoms with Crippen molar-refractivity contribution in [3.8, 4) is 0 Å². The molecule has 0 bridgehead atoms. The molecule has 98 valence electrons. The number of rotatable bonds is 5. The minimum Gasteiger partial charge on any atom is -0.382 e. The largest absolute Gasteiger partial charge is 0.382 e. The van der Waals surface area contributed by atoms with Gasteiger partial charge in [0.05, 0.1) is 0 Å². The first kappa shape index (κ1) is 12.6. The van der Waals surface area contributed by atoms with Crippen LogP contribution in [0.4, 0.5) is 10.8 Å². The van der Waals surface area contributed by atoms with Crippen molar-refractivity contribution in [1.82, 2.24) is 9.69 Å². The van der Waals surface area contributed by atoms with Gasteiger partial charge in [-0.1, -0.05) is 0 Å². The Morgan fingerprint density at radius 1 is 1.50 bits per heavy atom. The number of nitrogen functional groups attached to an aromatic ring is 1. The average molecular weight is 269 g/mol. The zero-order valence-electron chi connectivity index (χ0n) is 9.90. The van der Waals surface area contributed by atoms with Gasteiger partial charge in [-0.3, -0.25) is 9.59 Å². The third kappa shape index (κ3) is 2.70. The quantitative estimate of drug-likeness (QED) is 0.594. The molecule has 1 aromatic heterocycles. The lowest BCUT2D eigenvalue weighted by Gasteiger charge is -2.13. The highest BCUT2D eigenvalue weighted by Crippen LogP contribution is 2.27. The summed E-state index contributed by atoms with van der Waals surface area (Å²) in [5, 5.41) is 6.20. The first-order chi connectivity index (χ1) is 8.49. The molecule has 2 amide bonds. The maximum Gasteiger partial charge on any atom is 0.255 e. The molecule has 1 aromatic rings. The average Bonchev–Trinajstić information content (AvgIpc) is 3.02. The number of anilines is 2. The predicted octanol–water partition coefficient (Wildman–Crippen LogP) is -0.0968. The minimum atomic E-state index is -0.654. The molecule has 0 aliphatic heterocycles. The van der Waals surface area contributed by atoms with Crippen LogP contribution in [-0.4, -0.2) is 28.3 Å². The second-order valence-corrected chi connectivity index (χ2v) is 5.06. The monoisotopic (exact) mass is 269 g/mol. The van der Waals surface area contributed by atoms with Gasteiger partial charge in [0, 0.05) is 6.04 Å². The number of primary amides is 1. The van der Waals surface area contributed by atoms with Crippen LogP contribution in [0.2, 0.25) is 0 Å². The number of carbonyl (C=O) groups is 2. The van der Waals surface area contributed by atoms with Crippen LogP contribution in [0.3, 0.4) is 0 Å². The number of hydrogen-bond acceptors (Lipinski definition) is 6. The van der Waals surface area contributed by atoms with Crippen LogP contribution in [0.1, 0.15) is 30.1 Å². The SMILES string of the molecule is CC(Nc1snc(N)c1C(N)=O)C(=O)NC1CC1. The summed E-state index contributed by atoms with van der Waals surface area (Å²) in [4.78, 5) is 23.0. The lowest BCUT2D eigenvalue weighted by Crippen LogP contribution is -2.38. The molecule has 1 aliphatic carbocycles. The van der Waals surface area contributed by atoms with E-state index in [2.05, 4.69) is 15.0 Å². The summed E-state index contributed by atoms with van der Waals surface area (Å²) in [5.74, 6) is -0.678. The zero-order valence-corrected chi connectivity index (χ0v) is 10.7. The Morgan fingerprint density at radius 3 is 2.72 bits per heavy atom. The van der Waals surface area contributed by atoms with E-state index in [1.165, 1.54) is 0 Å². The number of aromatic nitrogens is 1. The van der Waals surface area contributed by atoms with E-state index in [4.69, 9.17) is 11.5 Å². The van der Waals surface area contributed by atoms with E-state index in [0.717, 1.165) is 24.4 Å². The highest BCUT2D eigenvalue weighted by atomic mass is 32.1. The molecule has 1 saturated carbocycles. The summed E-state index contributed by atoms with van der Waals surface area (Å²) >= 11 is 1.02. The Morgan fingerprint density at radius 2 is 2.17 bits per heavy atom. The Kier molecular flexibility index (Phi) is 3.37. The van der Waals surface area contributed by atoms with E-state index in [9.17, 15) is 9.59 Å². The minimum absolute atomic E-state index is 0.0878. The lowest BCUT2D eigenvalue weighted by molar-refractivity contribution is -0.121. The first-order valence-corrected chi connectivity index (χ1v) is 6.38. The molecule has 0 saturated heterocycles. The number of nitrogens with two attached hydrogens (primary N) is 2. The molecule has 0 spiro atoms. The van der Waals surface area contributed by atoms with Crippen molar-refractivity contribution in [3.63, 3.8) is 0 Å². The van der Waals surface area contributed by atoms with Gasteiger partial charge in [0.15, 0.2) is 5.82 Å². The molecule has 1 atom stereocenters. The summed E-state index contributed by atoms with van der Waals surface area (Å²) in [5.41, 5.74) is 10.9. The van der Waals surface area contributed by atoms with Gasteiger partial charge in [-0.15, -0.1) is 0 Å². The molecule has 8 heteroatoms. The van der Waals surface area contributed by atoms with Crippen LogP contribution in [0.15, 0.2) is 0 Å². The maximum absolute atomic E-state index is 11.7. The number of carbonyl (C=O) groups excluding carboxylic acids is 2. The van der Waals surface area contributed by atoms with Gasteiger partial charge in [0.2, 0.25) is 5.91 Å². The highest BCUT2D eigenvalue weighted by molar-refractivity contribution is 7.11. The van der Waals surface area contributed by atoms with Crippen LogP contribution >= 0.6 is 11.5 Å². The Labute approximate surface area is 108 Å². The van der Waals surface area contributed by atoms with Gasteiger partial charge in [-0.25, -0.2) is 0 Å². The Hall–Kier alpha value is -1.83. The normalized spacial score (nSPS) is 16.1. The van der Waals surface area contributed by atoms with Gasteiger partial charge in [-0.05, 0) is 31.3 Å².